The first kappa shape index (κ1) is 9.55. The number of rotatable bonds is 5. The fourth-order valence-corrected chi connectivity index (χ4v) is 0.554. The molecule has 0 bridgehead atoms. The smallest absolute Gasteiger partial charge is 0.120 e. The van der Waals surface area contributed by atoms with Crippen LogP contribution in [0.5, 0.6) is 0 Å². The van der Waals surface area contributed by atoms with Crippen LogP contribution in [0.3, 0.4) is 0 Å². The van der Waals surface area contributed by atoms with Crippen LogP contribution < -0.4 is 5.73 Å². The van der Waals surface area contributed by atoms with Crippen LogP contribution in [-0.2, 0) is 4.79 Å². The van der Waals surface area contributed by atoms with Gasteiger partial charge in [0.2, 0.25) is 0 Å². The van der Waals surface area contributed by atoms with Crippen LogP contribution in [0.2, 0.25) is 0 Å². The van der Waals surface area contributed by atoms with Gasteiger partial charge in [-0.15, -0.1) is 0 Å². The molecule has 0 amide bonds. The first-order valence-electron chi connectivity index (χ1n) is 3.13. The average molecular weight is 147 g/mol. The number of carbonyl (C=O) groups is 1. The highest BCUT2D eigenvalue weighted by Gasteiger charge is 2.21. The quantitative estimate of drug-likeness (QED) is 0.420. The molecule has 0 fully saturated rings. The maximum absolute atomic E-state index is 9.86. The molecule has 0 saturated carbocycles. The first-order valence-corrected chi connectivity index (χ1v) is 3.13. The molecule has 0 radical (unpaired) electrons. The highest BCUT2D eigenvalue weighted by atomic mass is 16.3. The summed E-state index contributed by atoms with van der Waals surface area (Å²) in [5.41, 5.74) is 4.44. The van der Waals surface area contributed by atoms with Gasteiger partial charge in [0.15, 0.2) is 0 Å². The van der Waals surface area contributed by atoms with E-state index in [0.29, 0.717) is 12.7 Å². The zero-order chi connectivity index (χ0) is 8.04. The number of nitrogens with two attached hydrogens (primary N) is 1. The largest absolute Gasteiger partial charge is 0.394 e. The van der Waals surface area contributed by atoms with Gasteiger partial charge in [-0.1, -0.05) is 0 Å². The predicted molar refractivity (Wildman–Crippen MR) is 36.4 cm³/mol. The summed E-state index contributed by atoms with van der Waals surface area (Å²) in [5.74, 6) is 0. The van der Waals surface area contributed by atoms with Gasteiger partial charge in [-0.25, -0.2) is 0 Å². The van der Waals surface area contributed by atoms with Crippen molar-refractivity contribution < 1.29 is 15.0 Å². The lowest BCUT2D eigenvalue weighted by Crippen LogP contribution is -2.47. The minimum absolute atomic E-state index is 0.275. The Balaban J connectivity index is 3.68. The van der Waals surface area contributed by atoms with Gasteiger partial charge in [0.25, 0.3) is 0 Å². The predicted octanol–water partition coefficient (Wildman–Crippen LogP) is -1.35. The maximum atomic E-state index is 9.86. The van der Waals surface area contributed by atoms with Crippen LogP contribution in [0.25, 0.3) is 0 Å². The highest BCUT2D eigenvalue weighted by molar-refractivity contribution is 5.49. The third-order valence-corrected chi connectivity index (χ3v) is 1.39. The van der Waals surface area contributed by atoms with Crippen molar-refractivity contribution in [3.05, 3.63) is 0 Å². The molecule has 0 saturated heterocycles. The summed E-state index contributed by atoms with van der Waals surface area (Å²) >= 11 is 0. The Morgan fingerprint density at radius 2 is 1.90 bits per heavy atom. The van der Waals surface area contributed by atoms with Gasteiger partial charge < -0.3 is 20.7 Å². The Morgan fingerprint density at radius 1 is 1.40 bits per heavy atom. The van der Waals surface area contributed by atoms with E-state index in [1.54, 1.807) is 0 Å². The minimum Gasteiger partial charge on any atom is -0.394 e. The fraction of sp³-hybridized carbons (Fsp3) is 0.833. The van der Waals surface area contributed by atoms with Crippen LogP contribution in [0.1, 0.15) is 12.8 Å². The van der Waals surface area contributed by atoms with E-state index < -0.39 is 5.54 Å². The summed E-state index contributed by atoms with van der Waals surface area (Å²) in [4.78, 5) is 9.86. The molecule has 4 heteroatoms. The van der Waals surface area contributed by atoms with E-state index in [1.165, 1.54) is 0 Å². The standard InChI is InChI=1S/C6H13NO3/c7-6(4-9,5-10)2-1-3-8/h3,9-10H,1-2,4-5,7H2. The summed E-state index contributed by atoms with van der Waals surface area (Å²) < 4.78 is 0. The molecule has 4 nitrogen and oxygen atoms in total. The highest BCUT2D eigenvalue weighted by Crippen LogP contribution is 2.05. The zero-order valence-corrected chi connectivity index (χ0v) is 5.79. The van der Waals surface area contributed by atoms with Crippen LogP contribution in [0, 0.1) is 0 Å². The summed E-state index contributed by atoms with van der Waals surface area (Å²) in [7, 11) is 0. The van der Waals surface area contributed by atoms with Crippen molar-refractivity contribution in [2.45, 2.75) is 18.4 Å². The minimum atomic E-state index is -0.985. The lowest BCUT2D eigenvalue weighted by molar-refractivity contribution is -0.108. The first-order chi connectivity index (χ1) is 4.68. The maximum Gasteiger partial charge on any atom is 0.120 e. The monoisotopic (exact) mass is 147 g/mol. The van der Waals surface area contributed by atoms with Crippen molar-refractivity contribution in [3.8, 4) is 0 Å². The average Bonchev–Trinajstić information content (AvgIpc) is 2.00. The molecule has 4 N–H and O–H groups in total. The molecule has 0 atom stereocenters. The zero-order valence-electron chi connectivity index (χ0n) is 5.79. The number of aldehydes is 1. The van der Waals surface area contributed by atoms with E-state index in [-0.39, 0.29) is 19.6 Å². The van der Waals surface area contributed by atoms with Crippen molar-refractivity contribution in [3.63, 3.8) is 0 Å². The molecule has 0 spiro atoms. The van der Waals surface area contributed by atoms with E-state index in [1.807, 2.05) is 0 Å². The van der Waals surface area contributed by atoms with E-state index in [0.717, 1.165) is 0 Å². The SMILES string of the molecule is NC(CO)(CO)CCC=O. The third-order valence-electron chi connectivity index (χ3n) is 1.39. The van der Waals surface area contributed by atoms with Crippen LogP contribution in [0.15, 0.2) is 0 Å². The second-order valence-electron chi connectivity index (χ2n) is 2.38. The van der Waals surface area contributed by atoms with E-state index in [4.69, 9.17) is 15.9 Å². The van der Waals surface area contributed by atoms with E-state index in [2.05, 4.69) is 0 Å². The van der Waals surface area contributed by atoms with Crippen LogP contribution in [0.4, 0.5) is 0 Å². The topological polar surface area (TPSA) is 83.6 Å². The number of hydrogen-bond acceptors (Lipinski definition) is 4. The second kappa shape index (κ2) is 4.38. The molecule has 10 heavy (non-hydrogen) atoms. The number of hydrogen-bond donors (Lipinski definition) is 3. The normalized spacial score (nSPS) is 11.5. The molecule has 0 aromatic rings. The van der Waals surface area contributed by atoms with E-state index in [9.17, 15) is 4.79 Å². The number of aliphatic hydroxyl groups is 2. The summed E-state index contributed by atoms with van der Waals surface area (Å²) in [6.07, 6.45) is 1.31. The molecular formula is C6H13NO3. The van der Waals surface area contributed by atoms with Crippen LogP contribution >= 0.6 is 0 Å². The molecule has 0 unspecified atom stereocenters. The van der Waals surface area contributed by atoms with Crippen molar-refractivity contribution in [2.24, 2.45) is 5.73 Å². The Morgan fingerprint density at radius 3 is 2.20 bits per heavy atom. The third kappa shape index (κ3) is 2.91. The van der Waals surface area contributed by atoms with Gasteiger partial charge in [-0.3, -0.25) is 0 Å². The van der Waals surface area contributed by atoms with Crippen LogP contribution in [-0.4, -0.2) is 35.3 Å². The molecular weight excluding hydrogens is 134 g/mol. The molecule has 0 aliphatic carbocycles. The molecule has 0 aromatic carbocycles. The molecule has 0 heterocycles. The van der Waals surface area contributed by atoms with Crippen molar-refractivity contribution in [1.82, 2.24) is 0 Å². The van der Waals surface area contributed by atoms with Gasteiger partial charge in [-0.05, 0) is 6.42 Å². The van der Waals surface area contributed by atoms with Gasteiger partial charge in [0, 0.05) is 6.42 Å². The second-order valence-corrected chi connectivity index (χ2v) is 2.38. The lowest BCUT2D eigenvalue weighted by atomic mass is 9.97. The number of aliphatic hydroxyl groups excluding tert-OH is 2. The Hall–Kier alpha value is -0.450. The number of carbonyl (C=O) groups excluding carboxylic acids is 1. The molecule has 0 aromatic heterocycles. The van der Waals surface area contributed by atoms with Crippen molar-refractivity contribution in [1.29, 1.82) is 0 Å². The van der Waals surface area contributed by atoms with E-state index >= 15 is 0 Å². The Kier molecular flexibility index (Phi) is 4.18. The van der Waals surface area contributed by atoms with Crippen molar-refractivity contribution >= 4 is 6.29 Å². The molecule has 0 aliphatic heterocycles. The molecule has 0 aliphatic rings. The van der Waals surface area contributed by atoms with Gasteiger partial charge in [0.05, 0.1) is 18.8 Å². The summed E-state index contributed by atoms with van der Waals surface area (Å²) in [5, 5.41) is 17.2. The summed E-state index contributed by atoms with van der Waals surface area (Å²) in [6, 6.07) is 0. The van der Waals surface area contributed by atoms with Gasteiger partial charge in [-0.2, -0.15) is 0 Å². The van der Waals surface area contributed by atoms with Gasteiger partial charge in [0.1, 0.15) is 6.29 Å². The van der Waals surface area contributed by atoms with Crippen molar-refractivity contribution in [2.75, 3.05) is 13.2 Å². The Labute approximate surface area is 59.7 Å². The molecule has 0 rings (SSSR count). The molecule has 60 valence electrons. The Bertz CT molecular complexity index is 101. The lowest BCUT2D eigenvalue weighted by Gasteiger charge is -2.22. The van der Waals surface area contributed by atoms with Gasteiger partial charge >= 0.3 is 0 Å². The fourth-order valence-electron chi connectivity index (χ4n) is 0.554. The summed E-state index contributed by atoms with van der Waals surface area (Å²) in [6.45, 7) is -0.589.